The van der Waals surface area contributed by atoms with Crippen LogP contribution in [-0.2, 0) is 0 Å². The van der Waals surface area contributed by atoms with Gasteiger partial charge in [-0.25, -0.2) is 9.37 Å². The highest BCUT2D eigenvalue weighted by atomic mass is 19.1. The molecule has 0 bridgehead atoms. The number of benzene rings is 2. The number of amides is 1. The average molecular weight is 336 g/mol. The summed E-state index contributed by atoms with van der Waals surface area (Å²) in [6, 6.07) is 11.7. The predicted octanol–water partition coefficient (Wildman–Crippen LogP) is 4.05. The third-order valence-electron chi connectivity index (χ3n) is 4.27. The summed E-state index contributed by atoms with van der Waals surface area (Å²) in [5.41, 5.74) is 2.33. The van der Waals surface area contributed by atoms with Crippen molar-refractivity contribution in [3.63, 3.8) is 0 Å². The Bertz CT molecular complexity index is 946. The van der Waals surface area contributed by atoms with E-state index in [2.05, 4.69) is 20.5 Å². The van der Waals surface area contributed by atoms with Crippen molar-refractivity contribution in [3.05, 3.63) is 65.2 Å². The van der Waals surface area contributed by atoms with Crippen molar-refractivity contribution in [1.82, 2.24) is 15.2 Å². The van der Waals surface area contributed by atoms with Gasteiger partial charge in [-0.15, -0.1) is 0 Å². The van der Waals surface area contributed by atoms with Crippen molar-refractivity contribution in [3.8, 4) is 11.4 Å². The number of aryl methyl sites for hydroxylation is 1. The SMILES string of the molecule is Cc1cc(C(=O)Nc2cccc(-c3n[nH]c(C4CC4)n3)c2)ccc1F. The molecule has 2 N–H and O–H groups in total. The zero-order valence-corrected chi connectivity index (χ0v) is 13.7. The van der Waals surface area contributed by atoms with E-state index in [-0.39, 0.29) is 11.7 Å². The van der Waals surface area contributed by atoms with Crippen LogP contribution in [0.4, 0.5) is 10.1 Å². The molecule has 0 radical (unpaired) electrons. The monoisotopic (exact) mass is 336 g/mol. The first kappa shape index (κ1) is 15.5. The molecule has 1 fully saturated rings. The Morgan fingerprint density at radius 1 is 1.24 bits per heavy atom. The molecule has 5 nitrogen and oxygen atoms in total. The lowest BCUT2D eigenvalue weighted by Crippen LogP contribution is -2.12. The van der Waals surface area contributed by atoms with Crippen molar-refractivity contribution >= 4 is 11.6 Å². The van der Waals surface area contributed by atoms with E-state index >= 15 is 0 Å². The fraction of sp³-hybridized carbons (Fsp3) is 0.211. The van der Waals surface area contributed by atoms with Crippen LogP contribution < -0.4 is 5.32 Å². The second-order valence-corrected chi connectivity index (χ2v) is 6.32. The van der Waals surface area contributed by atoms with E-state index in [9.17, 15) is 9.18 Å². The fourth-order valence-electron chi connectivity index (χ4n) is 2.67. The lowest BCUT2D eigenvalue weighted by atomic mass is 10.1. The van der Waals surface area contributed by atoms with Gasteiger partial charge in [-0.2, -0.15) is 5.10 Å². The molecule has 1 aliphatic carbocycles. The highest BCUT2D eigenvalue weighted by Gasteiger charge is 2.27. The zero-order valence-electron chi connectivity index (χ0n) is 13.7. The molecule has 1 amide bonds. The number of H-pyrrole nitrogens is 1. The number of anilines is 1. The minimum Gasteiger partial charge on any atom is -0.322 e. The molecule has 2 aromatic carbocycles. The van der Waals surface area contributed by atoms with Gasteiger partial charge < -0.3 is 5.32 Å². The van der Waals surface area contributed by atoms with E-state index < -0.39 is 0 Å². The molecule has 4 rings (SSSR count). The molecule has 126 valence electrons. The summed E-state index contributed by atoms with van der Waals surface area (Å²) >= 11 is 0. The van der Waals surface area contributed by atoms with Crippen LogP contribution in [0.25, 0.3) is 11.4 Å². The number of aromatic nitrogens is 3. The minimum atomic E-state index is -0.324. The second kappa shape index (κ2) is 6.12. The quantitative estimate of drug-likeness (QED) is 0.755. The molecular formula is C19H17FN4O. The van der Waals surface area contributed by atoms with Crippen molar-refractivity contribution in [2.75, 3.05) is 5.32 Å². The standard InChI is InChI=1S/C19H17FN4O/c1-11-9-14(7-8-16(11)20)19(25)21-15-4-2-3-13(10-15)18-22-17(23-24-18)12-5-6-12/h2-4,7-10,12H,5-6H2,1H3,(H,21,25)(H,22,23,24). The Morgan fingerprint density at radius 2 is 2.08 bits per heavy atom. The number of hydrogen-bond donors (Lipinski definition) is 2. The van der Waals surface area contributed by atoms with Gasteiger partial charge >= 0.3 is 0 Å². The lowest BCUT2D eigenvalue weighted by molar-refractivity contribution is 0.102. The van der Waals surface area contributed by atoms with Gasteiger partial charge in [0, 0.05) is 22.7 Å². The maximum absolute atomic E-state index is 13.3. The summed E-state index contributed by atoms with van der Waals surface area (Å²) in [4.78, 5) is 16.9. The van der Waals surface area contributed by atoms with Gasteiger partial charge in [0.25, 0.3) is 5.91 Å². The molecule has 1 heterocycles. The number of carbonyl (C=O) groups is 1. The molecule has 0 aliphatic heterocycles. The molecule has 25 heavy (non-hydrogen) atoms. The van der Waals surface area contributed by atoms with Crippen molar-refractivity contribution < 1.29 is 9.18 Å². The smallest absolute Gasteiger partial charge is 0.255 e. The number of nitrogens with zero attached hydrogens (tertiary/aromatic N) is 2. The normalized spacial score (nSPS) is 13.7. The maximum atomic E-state index is 13.3. The van der Waals surface area contributed by atoms with Gasteiger partial charge in [-0.3, -0.25) is 9.89 Å². The van der Waals surface area contributed by atoms with Crippen LogP contribution in [0, 0.1) is 12.7 Å². The van der Waals surface area contributed by atoms with Gasteiger partial charge in [0.2, 0.25) is 0 Å². The van der Waals surface area contributed by atoms with E-state index in [0.717, 1.165) is 24.2 Å². The van der Waals surface area contributed by atoms with Crippen molar-refractivity contribution in [1.29, 1.82) is 0 Å². The largest absolute Gasteiger partial charge is 0.322 e. The number of halogens is 1. The Morgan fingerprint density at radius 3 is 2.84 bits per heavy atom. The molecule has 3 aromatic rings. The van der Waals surface area contributed by atoms with Crippen LogP contribution in [0.1, 0.15) is 40.5 Å². The summed E-state index contributed by atoms with van der Waals surface area (Å²) in [5, 5.41) is 10.1. The molecule has 0 unspecified atom stereocenters. The van der Waals surface area contributed by atoms with Crippen LogP contribution in [0.3, 0.4) is 0 Å². The number of carbonyl (C=O) groups excluding carboxylic acids is 1. The molecular weight excluding hydrogens is 319 g/mol. The third-order valence-corrected chi connectivity index (χ3v) is 4.27. The lowest BCUT2D eigenvalue weighted by Gasteiger charge is -2.07. The number of rotatable bonds is 4. The van der Waals surface area contributed by atoms with Gasteiger partial charge in [-0.1, -0.05) is 12.1 Å². The second-order valence-electron chi connectivity index (χ2n) is 6.32. The van der Waals surface area contributed by atoms with Crippen LogP contribution in [0.2, 0.25) is 0 Å². The Kier molecular flexibility index (Phi) is 3.80. The van der Waals surface area contributed by atoms with E-state index in [4.69, 9.17) is 0 Å². The van der Waals surface area contributed by atoms with Gasteiger partial charge in [-0.05, 0) is 55.7 Å². The molecule has 0 saturated heterocycles. The molecule has 1 saturated carbocycles. The van der Waals surface area contributed by atoms with Crippen molar-refractivity contribution in [2.45, 2.75) is 25.7 Å². The summed E-state index contributed by atoms with van der Waals surface area (Å²) in [5.74, 6) is 1.44. The average Bonchev–Trinajstić information content (AvgIpc) is 3.34. The summed E-state index contributed by atoms with van der Waals surface area (Å²) in [6.45, 7) is 1.63. The number of nitrogens with one attached hydrogen (secondary N) is 2. The highest BCUT2D eigenvalue weighted by Crippen LogP contribution is 2.38. The van der Waals surface area contributed by atoms with E-state index in [1.54, 1.807) is 13.0 Å². The first-order valence-corrected chi connectivity index (χ1v) is 8.20. The van der Waals surface area contributed by atoms with Crippen LogP contribution in [0.15, 0.2) is 42.5 Å². The van der Waals surface area contributed by atoms with Crippen LogP contribution >= 0.6 is 0 Å². The van der Waals surface area contributed by atoms with Crippen LogP contribution in [0.5, 0.6) is 0 Å². The van der Waals surface area contributed by atoms with Crippen LogP contribution in [-0.4, -0.2) is 21.1 Å². The van der Waals surface area contributed by atoms with E-state index in [1.807, 2.05) is 18.2 Å². The van der Waals surface area contributed by atoms with Gasteiger partial charge in [0.05, 0.1) is 0 Å². The summed E-state index contributed by atoms with van der Waals surface area (Å²) in [6.07, 6.45) is 2.31. The summed E-state index contributed by atoms with van der Waals surface area (Å²) < 4.78 is 13.3. The van der Waals surface area contributed by atoms with E-state index in [1.165, 1.54) is 18.2 Å². The Hall–Kier alpha value is -3.02. The highest BCUT2D eigenvalue weighted by molar-refractivity contribution is 6.04. The first-order valence-electron chi connectivity index (χ1n) is 8.20. The fourth-order valence-corrected chi connectivity index (χ4v) is 2.67. The number of hydrogen-bond acceptors (Lipinski definition) is 3. The Labute approximate surface area is 144 Å². The minimum absolute atomic E-state index is 0.283. The zero-order chi connectivity index (χ0) is 17.4. The van der Waals surface area contributed by atoms with Crippen molar-refractivity contribution in [2.24, 2.45) is 0 Å². The molecule has 0 spiro atoms. The molecule has 1 aliphatic rings. The predicted molar refractivity (Wildman–Crippen MR) is 92.9 cm³/mol. The van der Waals surface area contributed by atoms with Gasteiger partial charge in [0.15, 0.2) is 5.82 Å². The van der Waals surface area contributed by atoms with Gasteiger partial charge in [0.1, 0.15) is 11.6 Å². The topological polar surface area (TPSA) is 70.7 Å². The number of aromatic amines is 1. The van der Waals surface area contributed by atoms with E-state index in [0.29, 0.717) is 28.6 Å². The maximum Gasteiger partial charge on any atom is 0.255 e. The summed E-state index contributed by atoms with van der Waals surface area (Å²) in [7, 11) is 0. The first-order chi connectivity index (χ1) is 12.1. The molecule has 0 atom stereocenters. The molecule has 6 heteroatoms. The third kappa shape index (κ3) is 3.28. The molecule has 1 aromatic heterocycles. The Balaban J connectivity index is 1.54.